The highest BCUT2D eigenvalue weighted by molar-refractivity contribution is 6.01. The summed E-state index contributed by atoms with van der Waals surface area (Å²) in [6.07, 6.45) is 0.696. The molecule has 0 spiro atoms. The highest BCUT2D eigenvalue weighted by atomic mass is 16.5. The number of nitrogens with zero attached hydrogens (tertiary/aromatic N) is 2. The Hall–Kier alpha value is -3.39. The smallest absolute Gasteiger partial charge is 0.360 e. The average molecular weight is 318 g/mol. The van der Waals surface area contributed by atoms with Gasteiger partial charge in [-0.05, 0) is 23.6 Å². The highest BCUT2D eigenvalue weighted by Gasteiger charge is 2.19. The fraction of sp³-hybridized carbons (Fsp3) is 0.105. The SMILES string of the molecule is COC(=O)c1nc(C#N)c2cc(Cc3ccccc3)ccc2c1O. The van der Waals surface area contributed by atoms with Gasteiger partial charge < -0.3 is 9.84 Å². The third-order valence-electron chi connectivity index (χ3n) is 3.78. The number of aromatic nitrogens is 1. The minimum Gasteiger partial charge on any atom is -0.505 e. The number of carbonyl (C=O) groups is 1. The summed E-state index contributed by atoms with van der Waals surface area (Å²) in [6.45, 7) is 0. The molecule has 0 atom stereocenters. The Morgan fingerprint density at radius 3 is 2.58 bits per heavy atom. The molecule has 5 nitrogen and oxygen atoms in total. The summed E-state index contributed by atoms with van der Waals surface area (Å²) in [5.74, 6) is -1.05. The highest BCUT2D eigenvalue weighted by Crippen LogP contribution is 2.31. The molecule has 0 amide bonds. The van der Waals surface area contributed by atoms with Crippen LogP contribution in [0.1, 0.15) is 27.3 Å². The number of hydrogen-bond acceptors (Lipinski definition) is 5. The Balaban J connectivity index is 2.13. The van der Waals surface area contributed by atoms with Crippen molar-refractivity contribution in [1.82, 2.24) is 4.98 Å². The van der Waals surface area contributed by atoms with Crippen molar-refractivity contribution in [1.29, 1.82) is 5.26 Å². The van der Waals surface area contributed by atoms with E-state index in [1.165, 1.54) is 7.11 Å². The number of benzene rings is 2. The van der Waals surface area contributed by atoms with Crippen molar-refractivity contribution < 1.29 is 14.6 Å². The number of rotatable bonds is 3. The Bertz CT molecular complexity index is 960. The largest absolute Gasteiger partial charge is 0.505 e. The molecule has 118 valence electrons. The second-order valence-electron chi connectivity index (χ2n) is 5.30. The van der Waals surface area contributed by atoms with Gasteiger partial charge in [0, 0.05) is 10.8 Å². The first-order valence-electron chi connectivity index (χ1n) is 7.32. The quantitative estimate of drug-likeness (QED) is 0.750. The molecule has 0 aliphatic carbocycles. The fourth-order valence-electron chi connectivity index (χ4n) is 2.61. The molecular formula is C19H14N2O3. The molecular weight excluding hydrogens is 304 g/mol. The van der Waals surface area contributed by atoms with Crippen LogP contribution >= 0.6 is 0 Å². The van der Waals surface area contributed by atoms with E-state index in [0.29, 0.717) is 17.2 Å². The number of nitriles is 1. The standard InChI is InChI=1S/C19H14N2O3/c1-24-19(23)17-18(22)14-8-7-13(9-12-5-3-2-4-6-12)10-15(14)16(11-20)21-17/h2-8,10,22H,9H2,1H3. The third kappa shape index (κ3) is 2.77. The number of aromatic hydroxyl groups is 1. The van der Waals surface area contributed by atoms with Crippen LogP contribution in [-0.2, 0) is 11.2 Å². The van der Waals surface area contributed by atoms with Gasteiger partial charge in [0.05, 0.1) is 7.11 Å². The van der Waals surface area contributed by atoms with E-state index < -0.39 is 5.97 Å². The lowest BCUT2D eigenvalue weighted by molar-refractivity contribution is 0.0590. The van der Waals surface area contributed by atoms with Gasteiger partial charge in [0.25, 0.3) is 0 Å². The predicted molar refractivity (Wildman–Crippen MR) is 88.7 cm³/mol. The first-order chi connectivity index (χ1) is 11.6. The van der Waals surface area contributed by atoms with Crippen LogP contribution in [0.5, 0.6) is 5.75 Å². The predicted octanol–water partition coefficient (Wildman–Crippen LogP) is 3.19. The van der Waals surface area contributed by atoms with Crippen molar-refractivity contribution in [2.45, 2.75) is 6.42 Å². The van der Waals surface area contributed by atoms with Gasteiger partial charge >= 0.3 is 5.97 Å². The molecule has 5 heteroatoms. The maximum atomic E-state index is 11.7. The van der Waals surface area contributed by atoms with E-state index in [1.807, 2.05) is 48.5 Å². The normalized spacial score (nSPS) is 10.3. The molecule has 3 rings (SSSR count). The van der Waals surface area contributed by atoms with Crippen molar-refractivity contribution in [3.8, 4) is 11.8 Å². The average Bonchev–Trinajstić information content (AvgIpc) is 2.62. The summed E-state index contributed by atoms with van der Waals surface area (Å²) in [7, 11) is 1.20. The van der Waals surface area contributed by atoms with Crippen LogP contribution in [0.3, 0.4) is 0 Å². The molecule has 0 bridgehead atoms. The van der Waals surface area contributed by atoms with E-state index in [9.17, 15) is 15.2 Å². The summed E-state index contributed by atoms with van der Waals surface area (Å²) >= 11 is 0. The number of ether oxygens (including phenoxy) is 1. The molecule has 1 aromatic heterocycles. The van der Waals surface area contributed by atoms with E-state index in [-0.39, 0.29) is 17.1 Å². The minimum absolute atomic E-state index is 0.0816. The van der Waals surface area contributed by atoms with Gasteiger partial charge in [0.1, 0.15) is 11.8 Å². The molecule has 0 radical (unpaired) electrons. The first kappa shape index (κ1) is 15.5. The van der Waals surface area contributed by atoms with Crippen LogP contribution in [0.2, 0.25) is 0 Å². The maximum Gasteiger partial charge on any atom is 0.360 e. The van der Waals surface area contributed by atoms with E-state index in [0.717, 1.165) is 11.1 Å². The molecule has 0 saturated carbocycles. The number of hydrogen-bond donors (Lipinski definition) is 1. The summed E-state index contributed by atoms with van der Waals surface area (Å²) in [6, 6.07) is 17.3. The zero-order valence-electron chi connectivity index (χ0n) is 13.0. The van der Waals surface area contributed by atoms with Crippen LogP contribution in [0, 0.1) is 11.3 Å². The van der Waals surface area contributed by atoms with Crippen molar-refractivity contribution in [3.63, 3.8) is 0 Å². The van der Waals surface area contributed by atoms with Gasteiger partial charge in [0.15, 0.2) is 11.4 Å². The van der Waals surface area contributed by atoms with Crippen molar-refractivity contribution in [2.75, 3.05) is 7.11 Å². The van der Waals surface area contributed by atoms with E-state index >= 15 is 0 Å². The van der Waals surface area contributed by atoms with Gasteiger partial charge in [-0.15, -0.1) is 0 Å². The van der Waals surface area contributed by atoms with Gasteiger partial charge in [-0.3, -0.25) is 0 Å². The lowest BCUT2D eigenvalue weighted by Crippen LogP contribution is -2.06. The number of fused-ring (bicyclic) bond motifs is 1. The number of carbonyl (C=O) groups excluding carboxylic acids is 1. The second-order valence-corrected chi connectivity index (χ2v) is 5.30. The molecule has 1 N–H and O–H groups in total. The Morgan fingerprint density at radius 2 is 1.92 bits per heavy atom. The topological polar surface area (TPSA) is 83.2 Å². The molecule has 1 heterocycles. The van der Waals surface area contributed by atoms with Gasteiger partial charge in [-0.2, -0.15) is 5.26 Å². The van der Waals surface area contributed by atoms with Crippen LogP contribution in [0.25, 0.3) is 10.8 Å². The van der Waals surface area contributed by atoms with Gasteiger partial charge in [-0.25, -0.2) is 9.78 Å². The molecule has 0 aliphatic rings. The lowest BCUT2D eigenvalue weighted by Gasteiger charge is -2.09. The molecule has 0 unspecified atom stereocenters. The molecule has 3 aromatic rings. The van der Waals surface area contributed by atoms with Crippen LogP contribution in [0.15, 0.2) is 48.5 Å². The maximum absolute atomic E-state index is 11.7. The Kier molecular flexibility index (Phi) is 4.13. The van der Waals surface area contributed by atoms with Crippen LogP contribution in [-0.4, -0.2) is 23.2 Å². The minimum atomic E-state index is -0.778. The van der Waals surface area contributed by atoms with Crippen molar-refractivity contribution in [2.24, 2.45) is 0 Å². The van der Waals surface area contributed by atoms with Crippen LogP contribution < -0.4 is 0 Å². The molecule has 24 heavy (non-hydrogen) atoms. The second kappa shape index (κ2) is 6.39. The number of pyridine rings is 1. The lowest BCUT2D eigenvalue weighted by atomic mass is 9.99. The fourth-order valence-corrected chi connectivity index (χ4v) is 2.61. The number of esters is 1. The van der Waals surface area contributed by atoms with E-state index in [1.54, 1.807) is 6.07 Å². The van der Waals surface area contributed by atoms with E-state index in [2.05, 4.69) is 9.72 Å². The van der Waals surface area contributed by atoms with Crippen molar-refractivity contribution >= 4 is 16.7 Å². The molecule has 2 aromatic carbocycles. The third-order valence-corrected chi connectivity index (χ3v) is 3.78. The Morgan fingerprint density at radius 1 is 1.17 bits per heavy atom. The van der Waals surface area contributed by atoms with Gasteiger partial charge in [0.2, 0.25) is 0 Å². The van der Waals surface area contributed by atoms with E-state index in [4.69, 9.17) is 0 Å². The Labute approximate surface area is 138 Å². The zero-order valence-corrected chi connectivity index (χ0v) is 13.0. The molecule has 0 aliphatic heterocycles. The van der Waals surface area contributed by atoms with Crippen molar-refractivity contribution in [3.05, 3.63) is 71.0 Å². The molecule has 0 saturated heterocycles. The monoisotopic (exact) mass is 318 g/mol. The van der Waals surface area contributed by atoms with Crippen LogP contribution in [0.4, 0.5) is 0 Å². The summed E-state index contributed by atoms with van der Waals surface area (Å²) in [4.78, 5) is 15.7. The number of methoxy groups -OCH3 is 1. The summed E-state index contributed by atoms with van der Waals surface area (Å²) in [5, 5.41) is 20.5. The zero-order chi connectivity index (χ0) is 17.1. The molecule has 0 fully saturated rings. The first-order valence-corrected chi connectivity index (χ1v) is 7.32. The van der Waals surface area contributed by atoms with Gasteiger partial charge in [-0.1, -0.05) is 42.5 Å². The summed E-state index contributed by atoms with van der Waals surface area (Å²) < 4.78 is 4.60. The summed E-state index contributed by atoms with van der Waals surface area (Å²) in [5.41, 5.74) is 1.95.